The topological polar surface area (TPSA) is 84.1 Å². The Morgan fingerprint density at radius 1 is 1.38 bits per heavy atom. The van der Waals surface area contributed by atoms with E-state index in [-0.39, 0.29) is 11.9 Å². The standard InChI is InChI=1S/C16H25N3O4S/c1-4-5-10-23-14(20)12-13(24-15(17-2)18(12)3)11-6-8-19(9-7-11)16(21)22/h11H,4-10H2,1-3H3,(H,21,22). The summed E-state index contributed by atoms with van der Waals surface area (Å²) in [5.41, 5.74) is 0.561. The van der Waals surface area contributed by atoms with Crippen LogP contribution in [0, 0.1) is 0 Å². The summed E-state index contributed by atoms with van der Waals surface area (Å²) in [5, 5.41) is 9.08. The minimum Gasteiger partial charge on any atom is -0.465 e. The van der Waals surface area contributed by atoms with Crippen molar-refractivity contribution in [2.75, 3.05) is 26.7 Å². The number of amides is 1. The van der Waals surface area contributed by atoms with E-state index in [1.54, 1.807) is 11.6 Å². The number of esters is 1. The Hall–Kier alpha value is -1.83. The number of piperidine rings is 1. The second kappa shape index (κ2) is 8.32. The van der Waals surface area contributed by atoms with Gasteiger partial charge in [-0.2, -0.15) is 0 Å². The van der Waals surface area contributed by atoms with Gasteiger partial charge in [-0.15, -0.1) is 11.3 Å². The first kappa shape index (κ1) is 18.5. The molecule has 1 N–H and O–H groups in total. The monoisotopic (exact) mass is 355 g/mol. The van der Waals surface area contributed by atoms with E-state index >= 15 is 0 Å². The number of carbonyl (C=O) groups is 2. The van der Waals surface area contributed by atoms with Crippen LogP contribution in [0.4, 0.5) is 4.79 Å². The zero-order valence-electron chi connectivity index (χ0n) is 14.4. The molecule has 0 aromatic carbocycles. The molecule has 2 rings (SSSR count). The molecule has 1 fully saturated rings. The minimum absolute atomic E-state index is 0.168. The number of hydrogen-bond donors (Lipinski definition) is 1. The maximum atomic E-state index is 12.5. The molecule has 134 valence electrons. The van der Waals surface area contributed by atoms with Gasteiger partial charge in [-0.1, -0.05) is 13.3 Å². The molecule has 0 bridgehead atoms. The number of aromatic nitrogens is 1. The third-order valence-corrected chi connectivity index (χ3v) is 5.69. The van der Waals surface area contributed by atoms with Gasteiger partial charge < -0.3 is 19.3 Å². The lowest BCUT2D eigenvalue weighted by Gasteiger charge is -2.29. The fourth-order valence-corrected chi connectivity index (χ4v) is 4.13. The molecule has 0 radical (unpaired) electrons. The summed E-state index contributed by atoms with van der Waals surface area (Å²) in [5.74, 6) is -0.145. The average molecular weight is 355 g/mol. The van der Waals surface area contributed by atoms with Crippen LogP contribution in [0.25, 0.3) is 0 Å². The van der Waals surface area contributed by atoms with Gasteiger partial charge in [0.05, 0.1) is 6.61 Å². The molecular formula is C16H25N3O4S. The molecule has 1 saturated heterocycles. The Labute approximate surface area is 145 Å². The number of nitrogens with zero attached hydrogens (tertiary/aromatic N) is 3. The number of unbranched alkanes of at least 4 members (excludes halogenated alkanes) is 1. The number of ether oxygens (including phenoxy) is 1. The van der Waals surface area contributed by atoms with E-state index in [0.717, 1.165) is 22.5 Å². The van der Waals surface area contributed by atoms with Gasteiger partial charge in [-0.05, 0) is 25.2 Å². The van der Waals surface area contributed by atoms with Crippen LogP contribution in [-0.4, -0.2) is 53.4 Å². The van der Waals surface area contributed by atoms with Gasteiger partial charge in [0, 0.05) is 32.1 Å². The highest BCUT2D eigenvalue weighted by atomic mass is 32.1. The molecule has 0 saturated carbocycles. The lowest BCUT2D eigenvalue weighted by atomic mass is 9.94. The van der Waals surface area contributed by atoms with Gasteiger partial charge in [-0.25, -0.2) is 9.59 Å². The van der Waals surface area contributed by atoms with Gasteiger partial charge in [0.1, 0.15) is 5.69 Å². The number of likely N-dealkylation sites (tertiary alicyclic amines) is 1. The fourth-order valence-electron chi connectivity index (χ4n) is 2.90. The summed E-state index contributed by atoms with van der Waals surface area (Å²) < 4.78 is 7.19. The van der Waals surface area contributed by atoms with Crippen molar-refractivity contribution in [3.63, 3.8) is 0 Å². The lowest BCUT2D eigenvalue weighted by molar-refractivity contribution is 0.0485. The Bertz CT molecular complexity index is 657. The molecule has 0 atom stereocenters. The van der Waals surface area contributed by atoms with Crippen molar-refractivity contribution in [3.8, 4) is 0 Å². The van der Waals surface area contributed by atoms with Crippen molar-refractivity contribution in [3.05, 3.63) is 15.4 Å². The van der Waals surface area contributed by atoms with Gasteiger partial charge in [0.2, 0.25) is 0 Å². The fraction of sp³-hybridized carbons (Fsp3) is 0.688. The van der Waals surface area contributed by atoms with Crippen molar-refractivity contribution in [2.45, 2.75) is 38.5 Å². The number of thiazole rings is 1. The summed E-state index contributed by atoms with van der Waals surface area (Å²) in [6.07, 6.45) is 2.36. The highest BCUT2D eigenvalue weighted by Crippen LogP contribution is 2.32. The van der Waals surface area contributed by atoms with Crippen LogP contribution >= 0.6 is 11.3 Å². The van der Waals surface area contributed by atoms with E-state index in [4.69, 9.17) is 9.84 Å². The molecule has 0 aliphatic carbocycles. The number of carboxylic acid groups (broad SMARTS) is 1. The Morgan fingerprint density at radius 2 is 2.04 bits per heavy atom. The first-order valence-electron chi connectivity index (χ1n) is 8.27. The predicted molar refractivity (Wildman–Crippen MR) is 91.5 cm³/mol. The number of rotatable bonds is 5. The van der Waals surface area contributed by atoms with Crippen LogP contribution < -0.4 is 4.80 Å². The van der Waals surface area contributed by atoms with Crippen LogP contribution in [0.2, 0.25) is 0 Å². The summed E-state index contributed by atoms with van der Waals surface area (Å²) in [7, 11) is 3.53. The second-order valence-electron chi connectivity index (χ2n) is 5.91. The highest BCUT2D eigenvalue weighted by molar-refractivity contribution is 7.09. The second-order valence-corrected chi connectivity index (χ2v) is 6.92. The molecule has 24 heavy (non-hydrogen) atoms. The zero-order valence-corrected chi connectivity index (χ0v) is 15.3. The van der Waals surface area contributed by atoms with Crippen molar-refractivity contribution < 1.29 is 19.4 Å². The van der Waals surface area contributed by atoms with Gasteiger partial charge in [0.15, 0.2) is 4.80 Å². The maximum absolute atomic E-state index is 12.5. The molecule has 2 heterocycles. The Morgan fingerprint density at radius 3 is 2.58 bits per heavy atom. The average Bonchev–Trinajstić information content (AvgIpc) is 2.91. The van der Waals surface area contributed by atoms with E-state index in [2.05, 4.69) is 4.99 Å². The van der Waals surface area contributed by atoms with Gasteiger partial charge >= 0.3 is 12.1 Å². The van der Waals surface area contributed by atoms with Crippen molar-refractivity contribution >= 4 is 23.4 Å². The molecule has 1 amide bonds. The molecule has 1 aliphatic heterocycles. The smallest absolute Gasteiger partial charge is 0.407 e. The van der Waals surface area contributed by atoms with Crippen LogP contribution in [0.1, 0.15) is 53.9 Å². The molecular weight excluding hydrogens is 330 g/mol. The van der Waals surface area contributed by atoms with E-state index in [1.807, 2.05) is 14.0 Å². The number of hydrogen-bond acceptors (Lipinski definition) is 5. The highest BCUT2D eigenvalue weighted by Gasteiger charge is 2.30. The number of carbonyl (C=O) groups excluding carboxylic acids is 1. The molecule has 8 heteroatoms. The lowest BCUT2D eigenvalue weighted by Crippen LogP contribution is -2.37. The molecule has 1 aromatic heterocycles. The molecule has 0 unspecified atom stereocenters. The van der Waals surface area contributed by atoms with Gasteiger partial charge in [0.25, 0.3) is 0 Å². The van der Waals surface area contributed by atoms with E-state index in [9.17, 15) is 9.59 Å². The zero-order chi connectivity index (χ0) is 17.7. The largest absolute Gasteiger partial charge is 0.465 e. The third kappa shape index (κ3) is 3.98. The van der Waals surface area contributed by atoms with Crippen LogP contribution in [0.5, 0.6) is 0 Å². The normalized spacial score (nSPS) is 16.5. The molecule has 0 spiro atoms. The van der Waals surface area contributed by atoms with Crippen molar-refractivity contribution in [2.24, 2.45) is 12.0 Å². The van der Waals surface area contributed by atoms with E-state index in [1.165, 1.54) is 16.2 Å². The summed E-state index contributed by atoms with van der Waals surface area (Å²) in [4.78, 5) is 31.0. The van der Waals surface area contributed by atoms with Gasteiger partial charge in [-0.3, -0.25) is 4.99 Å². The summed E-state index contributed by atoms with van der Waals surface area (Å²) >= 11 is 1.50. The summed E-state index contributed by atoms with van der Waals surface area (Å²) in [6.45, 7) is 3.45. The van der Waals surface area contributed by atoms with Crippen LogP contribution in [-0.2, 0) is 11.8 Å². The molecule has 1 aliphatic rings. The quantitative estimate of drug-likeness (QED) is 0.649. The van der Waals surface area contributed by atoms with Crippen molar-refractivity contribution in [1.29, 1.82) is 0 Å². The van der Waals surface area contributed by atoms with Crippen LogP contribution in [0.3, 0.4) is 0 Å². The molecule has 1 aromatic rings. The van der Waals surface area contributed by atoms with Crippen LogP contribution in [0.15, 0.2) is 4.99 Å². The third-order valence-electron chi connectivity index (χ3n) is 4.31. The SMILES string of the molecule is CCCCOC(=O)c1c(C2CCN(C(=O)O)CC2)sc(=NC)n1C. The first-order chi connectivity index (χ1) is 11.5. The minimum atomic E-state index is -0.881. The van der Waals surface area contributed by atoms with E-state index < -0.39 is 6.09 Å². The molecule has 7 nitrogen and oxygen atoms in total. The van der Waals surface area contributed by atoms with E-state index in [0.29, 0.717) is 38.2 Å². The Balaban J connectivity index is 2.23. The summed E-state index contributed by atoms with van der Waals surface area (Å²) in [6, 6.07) is 0. The van der Waals surface area contributed by atoms with Crippen molar-refractivity contribution in [1.82, 2.24) is 9.47 Å². The first-order valence-corrected chi connectivity index (χ1v) is 9.08. The predicted octanol–water partition coefficient (Wildman–Crippen LogP) is 2.43. The maximum Gasteiger partial charge on any atom is 0.407 e. The Kier molecular flexibility index (Phi) is 6.42.